The van der Waals surface area contributed by atoms with Crippen molar-refractivity contribution in [2.75, 3.05) is 13.1 Å². The number of rotatable bonds is 5. The predicted octanol–water partition coefficient (Wildman–Crippen LogP) is 1.89. The molecule has 1 aromatic rings. The molecule has 1 aliphatic heterocycles. The van der Waals surface area contributed by atoms with Gasteiger partial charge in [-0.15, -0.1) is 0 Å². The number of benzene rings is 1. The Morgan fingerprint density at radius 1 is 1.16 bits per heavy atom. The van der Waals surface area contributed by atoms with Gasteiger partial charge in [0.05, 0.1) is 0 Å². The normalized spacial score (nSPS) is 20.5. The van der Waals surface area contributed by atoms with Crippen molar-refractivity contribution in [2.45, 2.75) is 38.3 Å². The standard InChI is InChI=1S/C19H24N2O4/c22-16-3-1-14(2-4-16)13-21-9-7-19(8-10-21)11-15(12-19)20-17(23)5-6-18(24)25/h1-6,15,22H,7-13H2,(H,20,23)(H,24,25)/b6-5-. The number of aromatic hydroxyl groups is 1. The maximum Gasteiger partial charge on any atom is 0.328 e. The number of carbonyl (C=O) groups excluding carboxylic acids is 1. The lowest BCUT2D eigenvalue weighted by atomic mass is 9.60. The molecule has 1 aliphatic carbocycles. The van der Waals surface area contributed by atoms with Gasteiger partial charge in [0.15, 0.2) is 0 Å². The summed E-state index contributed by atoms with van der Waals surface area (Å²) in [4.78, 5) is 24.5. The maximum absolute atomic E-state index is 11.6. The number of carbonyl (C=O) groups is 2. The number of nitrogens with zero attached hydrogens (tertiary/aromatic N) is 1. The van der Waals surface area contributed by atoms with Crippen molar-refractivity contribution in [3.05, 3.63) is 42.0 Å². The third kappa shape index (κ3) is 4.60. The Morgan fingerprint density at radius 3 is 2.40 bits per heavy atom. The van der Waals surface area contributed by atoms with E-state index in [0.717, 1.165) is 57.5 Å². The highest BCUT2D eigenvalue weighted by atomic mass is 16.4. The highest BCUT2D eigenvalue weighted by molar-refractivity contribution is 5.94. The number of likely N-dealkylation sites (tertiary alicyclic amines) is 1. The summed E-state index contributed by atoms with van der Waals surface area (Å²) in [6.07, 6.45) is 6.16. The van der Waals surface area contributed by atoms with Crippen LogP contribution >= 0.6 is 0 Å². The molecule has 25 heavy (non-hydrogen) atoms. The smallest absolute Gasteiger partial charge is 0.328 e. The molecule has 2 fully saturated rings. The van der Waals surface area contributed by atoms with Gasteiger partial charge in [-0.3, -0.25) is 9.69 Å². The van der Waals surface area contributed by atoms with Crippen molar-refractivity contribution in [3.63, 3.8) is 0 Å². The molecule has 0 bridgehead atoms. The number of phenols is 1. The molecule has 6 heteroatoms. The molecule has 3 rings (SSSR count). The highest BCUT2D eigenvalue weighted by Crippen LogP contribution is 2.49. The lowest BCUT2D eigenvalue weighted by molar-refractivity contribution is -0.131. The van der Waals surface area contributed by atoms with E-state index in [2.05, 4.69) is 10.2 Å². The number of nitrogens with one attached hydrogen (secondary N) is 1. The molecule has 3 N–H and O–H groups in total. The summed E-state index contributed by atoms with van der Waals surface area (Å²) < 4.78 is 0. The number of carboxylic acids is 1. The minimum Gasteiger partial charge on any atom is -0.508 e. The molecule has 0 aromatic heterocycles. The summed E-state index contributed by atoms with van der Waals surface area (Å²) in [5, 5.41) is 20.7. The van der Waals surface area contributed by atoms with E-state index in [1.54, 1.807) is 12.1 Å². The van der Waals surface area contributed by atoms with E-state index in [1.807, 2.05) is 12.1 Å². The van der Waals surface area contributed by atoms with Crippen LogP contribution in [-0.4, -0.2) is 46.1 Å². The SMILES string of the molecule is O=C(O)/C=C\C(=O)NC1CC2(CCN(Cc3ccc(O)cc3)CC2)C1. The summed E-state index contributed by atoms with van der Waals surface area (Å²) in [5.41, 5.74) is 1.54. The molecule has 1 saturated carbocycles. The van der Waals surface area contributed by atoms with Crippen molar-refractivity contribution >= 4 is 11.9 Å². The van der Waals surface area contributed by atoms with Gasteiger partial charge < -0.3 is 15.5 Å². The zero-order valence-corrected chi connectivity index (χ0v) is 14.1. The molecule has 1 aromatic carbocycles. The Bertz CT molecular complexity index is 653. The second-order valence-corrected chi connectivity index (χ2v) is 7.23. The van der Waals surface area contributed by atoms with Crippen LogP contribution in [0.25, 0.3) is 0 Å². The largest absolute Gasteiger partial charge is 0.508 e. The van der Waals surface area contributed by atoms with Gasteiger partial charge in [-0.2, -0.15) is 0 Å². The Labute approximate surface area is 147 Å². The number of carboxylic acid groups (broad SMARTS) is 1. The van der Waals surface area contributed by atoms with Crippen LogP contribution in [0.5, 0.6) is 5.75 Å². The molecule has 1 heterocycles. The summed E-state index contributed by atoms with van der Waals surface area (Å²) in [5.74, 6) is -1.14. The van der Waals surface area contributed by atoms with Crippen molar-refractivity contribution in [1.29, 1.82) is 0 Å². The van der Waals surface area contributed by atoms with E-state index in [4.69, 9.17) is 5.11 Å². The van der Waals surface area contributed by atoms with E-state index in [0.29, 0.717) is 11.2 Å². The number of phenolic OH excluding ortho intramolecular Hbond substituents is 1. The first-order valence-electron chi connectivity index (χ1n) is 8.66. The van der Waals surface area contributed by atoms with Crippen molar-refractivity contribution in [2.24, 2.45) is 5.41 Å². The van der Waals surface area contributed by atoms with Crippen LogP contribution in [0.3, 0.4) is 0 Å². The first-order chi connectivity index (χ1) is 11.9. The van der Waals surface area contributed by atoms with Crippen LogP contribution < -0.4 is 5.32 Å². The first-order valence-corrected chi connectivity index (χ1v) is 8.66. The van der Waals surface area contributed by atoms with Gasteiger partial charge in [0.25, 0.3) is 0 Å². The number of hydrogen-bond acceptors (Lipinski definition) is 4. The van der Waals surface area contributed by atoms with Gasteiger partial charge in [0, 0.05) is 24.7 Å². The average Bonchev–Trinajstić information content (AvgIpc) is 2.55. The van der Waals surface area contributed by atoms with E-state index in [1.165, 1.54) is 5.56 Å². The van der Waals surface area contributed by atoms with Gasteiger partial charge in [-0.25, -0.2) is 4.79 Å². The number of hydrogen-bond donors (Lipinski definition) is 3. The van der Waals surface area contributed by atoms with E-state index in [9.17, 15) is 14.7 Å². The van der Waals surface area contributed by atoms with Crippen LogP contribution in [0.2, 0.25) is 0 Å². The van der Waals surface area contributed by atoms with Crippen molar-refractivity contribution in [1.82, 2.24) is 10.2 Å². The quantitative estimate of drug-likeness (QED) is 0.710. The number of piperidine rings is 1. The van der Waals surface area contributed by atoms with Crippen molar-refractivity contribution in [3.8, 4) is 5.75 Å². The zero-order valence-electron chi connectivity index (χ0n) is 14.1. The Balaban J connectivity index is 1.40. The second-order valence-electron chi connectivity index (χ2n) is 7.23. The maximum atomic E-state index is 11.6. The zero-order chi connectivity index (χ0) is 17.9. The van der Waals surface area contributed by atoms with Crippen LogP contribution in [0.1, 0.15) is 31.2 Å². The fourth-order valence-electron chi connectivity index (χ4n) is 3.94. The van der Waals surface area contributed by atoms with E-state index >= 15 is 0 Å². The van der Waals surface area contributed by atoms with Gasteiger partial charge in [0.2, 0.25) is 5.91 Å². The van der Waals surface area contributed by atoms with Gasteiger partial charge >= 0.3 is 5.97 Å². The van der Waals surface area contributed by atoms with Gasteiger partial charge in [0.1, 0.15) is 5.75 Å². The van der Waals surface area contributed by atoms with Crippen LogP contribution in [-0.2, 0) is 16.1 Å². The molecule has 134 valence electrons. The minimum atomic E-state index is -1.11. The number of amides is 1. The lowest BCUT2D eigenvalue weighted by Gasteiger charge is -2.52. The molecular formula is C19H24N2O4. The molecule has 0 radical (unpaired) electrons. The van der Waals surface area contributed by atoms with Crippen LogP contribution in [0.4, 0.5) is 0 Å². The molecule has 2 aliphatic rings. The molecule has 1 saturated heterocycles. The average molecular weight is 344 g/mol. The first kappa shape index (κ1) is 17.5. The Kier molecular flexibility index (Phi) is 5.08. The van der Waals surface area contributed by atoms with Crippen molar-refractivity contribution < 1.29 is 19.8 Å². The summed E-state index contributed by atoms with van der Waals surface area (Å²) in [6, 6.07) is 7.52. The topological polar surface area (TPSA) is 89.9 Å². The molecular weight excluding hydrogens is 320 g/mol. The van der Waals surface area contributed by atoms with E-state index in [-0.39, 0.29) is 11.9 Å². The molecule has 6 nitrogen and oxygen atoms in total. The number of aliphatic carboxylic acids is 1. The third-order valence-corrected chi connectivity index (χ3v) is 5.34. The monoisotopic (exact) mass is 344 g/mol. The highest BCUT2D eigenvalue weighted by Gasteiger charge is 2.45. The third-order valence-electron chi connectivity index (χ3n) is 5.34. The van der Waals surface area contributed by atoms with Gasteiger partial charge in [-0.05, 0) is 61.9 Å². The van der Waals surface area contributed by atoms with Crippen LogP contribution in [0, 0.1) is 5.41 Å². The van der Waals surface area contributed by atoms with E-state index < -0.39 is 5.97 Å². The van der Waals surface area contributed by atoms with Gasteiger partial charge in [-0.1, -0.05) is 12.1 Å². The van der Waals surface area contributed by atoms with Crippen LogP contribution in [0.15, 0.2) is 36.4 Å². The molecule has 1 spiro atoms. The fourth-order valence-corrected chi connectivity index (χ4v) is 3.94. The molecule has 0 unspecified atom stereocenters. The molecule has 0 atom stereocenters. The molecule has 1 amide bonds. The fraction of sp³-hybridized carbons (Fsp3) is 0.474. The Hall–Kier alpha value is -2.34. The lowest BCUT2D eigenvalue weighted by Crippen LogP contribution is -2.54. The second kappa shape index (κ2) is 7.27. The summed E-state index contributed by atoms with van der Waals surface area (Å²) >= 11 is 0. The summed E-state index contributed by atoms with van der Waals surface area (Å²) in [7, 11) is 0. The predicted molar refractivity (Wildman–Crippen MR) is 93.0 cm³/mol. The Morgan fingerprint density at radius 2 is 1.80 bits per heavy atom. The summed E-state index contributed by atoms with van der Waals surface area (Å²) in [6.45, 7) is 2.98. The minimum absolute atomic E-state index is 0.162.